The summed E-state index contributed by atoms with van der Waals surface area (Å²) in [5, 5.41) is 8.25. The lowest BCUT2D eigenvalue weighted by atomic mass is 9.97. The van der Waals surface area contributed by atoms with E-state index in [0.717, 1.165) is 33.6 Å². The number of benzene rings is 2. The molecule has 1 aromatic heterocycles. The molecule has 2 amide bonds. The summed E-state index contributed by atoms with van der Waals surface area (Å²) in [5.74, 6) is 0.417. The fourth-order valence-electron chi connectivity index (χ4n) is 3.73. The second kappa shape index (κ2) is 11.5. The Morgan fingerprint density at radius 1 is 1.11 bits per heavy atom. The van der Waals surface area contributed by atoms with Gasteiger partial charge in [0.1, 0.15) is 0 Å². The number of carbonyl (C=O) groups excluding carboxylic acids is 2. The van der Waals surface area contributed by atoms with Crippen LogP contribution in [0.3, 0.4) is 0 Å². The van der Waals surface area contributed by atoms with Gasteiger partial charge in [0.25, 0.3) is 5.91 Å². The number of nitrogens with one attached hydrogen (secondary N) is 2. The van der Waals surface area contributed by atoms with Crippen molar-refractivity contribution in [3.8, 4) is 21.6 Å². The fraction of sp³-hybridized carbons (Fsp3) is 0.296. The number of nitrogens with two attached hydrogens (primary N) is 1. The van der Waals surface area contributed by atoms with Crippen LogP contribution >= 0.6 is 22.9 Å². The van der Waals surface area contributed by atoms with E-state index in [1.807, 2.05) is 60.8 Å². The second-order valence-electron chi connectivity index (χ2n) is 8.66. The highest BCUT2D eigenvalue weighted by atomic mass is 35.5. The molecule has 0 bridgehead atoms. The number of thiophene rings is 1. The number of hydrogen-bond donors (Lipinski definition) is 3. The molecule has 4 N–H and O–H groups in total. The zero-order chi connectivity index (χ0) is 24.8. The molecular weight excluding hydrogens is 480 g/mol. The summed E-state index contributed by atoms with van der Waals surface area (Å²) in [6.45, 7) is 3.30. The van der Waals surface area contributed by atoms with Crippen molar-refractivity contribution in [1.82, 2.24) is 10.6 Å². The average Bonchev–Trinajstić information content (AvgIpc) is 3.61. The SMILES string of the molecule is CCCNC(=O)c1ccc(-c2scc(-c3ccccc3Cl)c2CC(=O)NC(N)=NCC2CC2)cc1. The molecule has 0 spiro atoms. The van der Waals surface area contributed by atoms with Gasteiger partial charge >= 0.3 is 0 Å². The Morgan fingerprint density at radius 2 is 1.86 bits per heavy atom. The summed E-state index contributed by atoms with van der Waals surface area (Å²) in [6, 6.07) is 15.0. The van der Waals surface area contributed by atoms with Crippen LogP contribution in [-0.2, 0) is 11.2 Å². The summed E-state index contributed by atoms with van der Waals surface area (Å²) in [4.78, 5) is 30.4. The lowest BCUT2D eigenvalue weighted by Crippen LogP contribution is -2.38. The summed E-state index contributed by atoms with van der Waals surface area (Å²) in [6.07, 6.45) is 3.34. The topological polar surface area (TPSA) is 96.6 Å². The highest BCUT2D eigenvalue weighted by Gasteiger charge is 2.22. The van der Waals surface area contributed by atoms with Gasteiger partial charge in [-0.15, -0.1) is 11.3 Å². The first-order chi connectivity index (χ1) is 17.0. The largest absolute Gasteiger partial charge is 0.370 e. The van der Waals surface area contributed by atoms with E-state index in [2.05, 4.69) is 15.6 Å². The Balaban J connectivity index is 1.62. The van der Waals surface area contributed by atoms with E-state index >= 15 is 0 Å². The maximum atomic E-state index is 12.9. The molecular formula is C27H29ClN4O2S. The normalized spacial score (nSPS) is 13.5. The van der Waals surface area contributed by atoms with E-state index in [1.165, 1.54) is 12.8 Å². The Morgan fingerprint density at radius 3 is 2.54 bits per heavy atom. The Labute approximate surface area is 214 Å². The summed E-state index contributed by atoms with van der Waals surface area (Å²) < 4.78 is 0. The molecule has 2 aromatic carbocycles. The van der Waals surface area contributed by atoms with Gasteiger partial charge in [-0.2, -0.15) is 0 Å². The van der Waals surface area contributed by atoms with Crippen molar-refractivity contribution in [2.75, 3.05) is 13.1 Å². The summed E-state index contributed by atoms with van der Waals surface area (Å²) in [5.41, 5.74) is 10.1. The predicted molar refractivity (Wildman–Crippen MR) is 144 cm³/mol. The van der Waals surface area contributed by atoms with Crippen LogP contribution in [0, 0.1) is 5.92 Å². The van der Waals surface area contributed by atoms with E-state index < -0.39 is 0 Å². The van der Waals surface area contributed by atoms with Gasteiger partial charge in [0.05, 0.1) is 6.42 Å². The zero-order valence-corrected chi connectivity index (χ0v) is 21.2. The van der Waals surface area contributed by atoms with Gasteiger partial charge in [0, 0.05) is 34.1 Å². The lowest BCUT2D eigenvalue weighted by molar-refractivity contribution is -0.119. The van der Waals surface area contributed by atoms with Crippen molar-refractivity contribution in [1.29, 1.82) is 0 Å². The molecule has 1 aliphatic rings. The molecule has 0 atom stereocenters. The van der Waals surface area contributed by atoms with Crippen molar-refractivity contribution in [2.24, 2.45) is 16.6 Å². The Hall–Kier alpha value is -3.16. The number of aliphatic imine (C=N–C) groups is 1. The first-order valence-electron chi connectivity index (χ1n) is 11.8. The van der Waals surface area contributed by atoms with Gasteiger partial charge in [-0.1, -0.05) is 48.9 Å². The Bertz CT molecular complexity index is 1230. The van der Waals surface area contributed by atoms with Gasteiger partial charge < -0.3 is 11.1 Å². The molecule has 0 aliphatic heterocycles. The second-order valence-corrected chi connectivity index (χ2v) is 9.95. The molecule has 8 heteroatoms. The van der Waals surface area contributed by atoms with Gasteiger partial charge in [-0.25, -0.2) is 0 Å². The van der Waals surface area contributed by atoms with Crippen molar-refractivity contribution in [2.45, 2.75) is 32.6 Å². The van der Waals surface area contributed by atoms with Crippen LogP contribution < -0.4 is 16.4 Å². The highest BCUT2D eigenvalue weighted by molar-refractivity contribution is 7.14. The van der Waals surface area contributed by atoms with Crippen LogP contribution in [-0.4, -0.2) is 30.9 Å². The maximum Gasteiger partial charge on any atom is 0.251 e. The maximum absolute atomic E-state index is 12.9. The third-order valence-corrected chi connectivity index (χ3v) is 7.23. The molecule has 182 valence electrons. The zero-order valence-electron chi connectivity index (χ0n) is 19.6. The van der Waals surface area contributed by atoms with E-state index in [0.29, 0.717) is 29.6 Å². The lowest BCUT2D eigenvalue weighted by Gasteiger charge is -2.11. The van der Waals surface area contributed by atoms with Gasteiger partial charge in [-0.3, -0.25) is 19.9 Å². The van der Waals surface area contributed by atoms with Crippen molar-refractivity contribution in [3.63, 3.8) is 0 Å². The van der Waals surface area contributed by atoms with Gasteiger partial charge in [0.2, 0.25) is 5.91 Å². The van der Waals surface area contributed by atoms with E-state index in [-0.39, 0.29) is 24.2 Å². The van der Waals surface area contributed by atoms with Crippen LogP contribution in [0.5, 0.6) is 0 Å². The number of amides is 2. The Kier molecular flexibility index (Phi) is 8.21. The van der Waals surface area contributed by atoms with E-state index in [1.54, 1.807) is 11.3 Å². The van der Waals surface area contributed by atoms with Crippen molar-refractivity contribution < 1.29 is 9.59 Å². The van der Waals surface area contributed by atoms with Crippen LogP contribution in [0.2, 0.25) is 5.02 Å². The molecule has 3 aromatic rings. The third-order valence-electron chi connectivity index (χ3n) is 5.82. The molecule has 4 rings (SSSR count). The van der Waals surface area contributed by atoms with Crippen LogP contribution in [0.4, 0.5) is 0 Å². The fourth-order valence-corrected chi connectivity index (χ4v) is 5.07. The number of guanidine groups is 1. The first-order valence-corrected chi connectivity index (χ1v) is 13.1. The number of rotatable bonds is 9. The van der Waals surface area contributed by atoms with Gasteiger partial charge in [-0.05, 0) is 65.4 Å². The van der Waals surface area contributed by atoms with E-state index in [4.69, 9.17) is 17.3 Å². The minimum Gasteiger partial charge on any atom is -0.370 e. The molecule has 0 saturated heterocycles. The van der Waals surface area contributed by atoms with Crippen LogP contribution in [0.25, 0.3) is 21.6 Å². The predicted octanol–water partition coefficient (Wildman–Crippen LogP) is 5.26. The van der Waals surface area contributed by atoms with Crippen molar-refractivity contribution in [3.05, 3.63) is 70.1 Å². The molecule has 35 heavy (non-hydrogen) atoms. The summed E-state index contributed by atoms with van der Waals surface area (Å²) in [7, 11) is 0. The molecule has 1 saturated carbocycles. The number of halogens is 1. The number of hydrogen-bond acceptors (Lipinski definition) is 4. The average molecular weight is 509 g/mol. The third kappa shape index (κ3) is 6.50. The molecule has 6 nitrogen and oxygen atoms in total. The molecule has 0 unspecified atom stereocenters. The standard InChI is InChI=1S/C27H29ClN4O2S/c1-2-13-30-26(34)19-11-9-18(10-12-19)25-21(14-24(33)32-27(29)31-15-17-7-8-17)22(16-35-25)20-5-3-4-6-23(20)28/h3-6,9-12,16-17H,2,7-8,13-15H2,1H3,(H,30,34)(H3,29,31,32,33). The van der Waals surface area contributed by atoms with Crippen LogP contribution in [0.1, 0.15) is 42.1 Å². The summed E-state index contributed by atoms with van der Waals surface area (Å²) >= 11 is 8.05. The monoisotopic (exact) mass is 508 g/mol. The van der Waals surface area contributed by atoms with Crippen molar-refractivity contribution >= 4 is 40.7 Å². The molecule has 1 aliphatic carbocycles. The van der Waals surface area contributed by atoms with Crippen LogP contribution in [0.15, 0.2) is 58.9 Å². The van der Waals surface area contributed by atoms with Gasteiger partial charge in [0.15, 0.2) is 5.96 Å². The smallest absolute Gasteiger partial charge is 0.251 e. The number of nitrogens with zero attached hydrogens (tertiary/aromatic N) is 1. The molecule has 1 fully saturated rings. The minimum atomic E-state index is -0.231. The minimum absolute atomic E-state index is 0.0955. The highest BCUT2D eigenvalue weighted by Crippen LogP contribution is 2.41. The first kappa shape index (κ1) is 24.9. The molecule has 0 radical (unpaired) electrons. The molecule has 1 heterocycles. The quantitative estimate of drug-likeness (QED) is 0.272. The number of carbonyl (C=O) groups is 2. The van der Waals surface area contributed by atoms with E-state index in [9.17, 15) is 9.59 Å².